The first kappa shape index (κ1) is 15.6. The van der Waals surface area contributed by atoms with Crippen LogP contribution in [0.1, 0.15) is 38.4 Å². The number of aliphatic carboxylic acids is 1. The number of amides is 1. The lowest BCUT2D eigenvalue weighted by atomic mass is 9.91. The minimum Gasteiger partial charge on any atom is -0.481 e. The molecule has 2 aromatic rings. The summed E-state index contributed by atoms with van der Waals surface area (Å²) in [5.74, 6) is -1.33. The van der Waals surface area contributed by atoms with E-state index in [0.717, 1.165) is 9.88 Å². The van der Waals surface area contributed by atoms with Crippen molar-refractivity contribution in [2.75, 3.05) is 13.1 Å². The molecule has 0 radical (unpaired) electrons. The monoisotopic (exact) mass is 335 g/mol. The molecule has 0 aromatic carbocycles. The highest BCUT2D eigenvalue weighted by molar-refractivity contribution is 7.11. The van der Waals surface area contributed by atoms with Crippen LogP contribution in [-0.4, -0.2) is 55.4 Å². The Labute approximate surface area is 136 Å². The van der Waals surface area contributed by atoms with Crippen molar-refractivity contribution in [3.63, 3.8) is 0 Å². The average molecular weight is 335 g/mol. The highest BCUT2D eigenvalue weighted by Gasteiger charge is 2.39. The first-order valence-corrected chi connectivity index (χ1v) is 8.08. The number of carboxylic acids is 1. The van der Waals surface area contributed by atoms with Gasteiger partial charge in [-0.05, 0) is 19.8 Å². The molecule has 8 nitrogen and oxygen atoms in total. The molecule has 1 aliphatic rings. The van der Waals surface area contributed by atoms with E-state index in [-0.39, 0.29) is 24.2 Å². The number of H-pyrrole nitrogens is 1. The molecular formula is C14H17N5O3S. The summed E-state index contributed by atoms with van der Waals surface area (Å²) in [4.78, 5) is 30.7. The van der Waals surface area contributed by atoms with E-state index in [1.165, 1.54) is 11.3 Å². The zero-order valence-electron chi connectivity index (χ0n) is 12.8. The zero-order chi connectivity index (χ0) is 16.6. The van der Waals surface area contributed by atoms with E-state index in [1.54, 1.807) is 11.1 Å². The second-order valence-electron chi connectivity index (χ2n) is 5.71. The SMILES string of the molecule is Cc1nc(C(=O)N2C[C@H](CC(=O)O)[C@H](c3cn[nH]n3)C2)c(C)s1. The average Bonchev–Trinajstić information content (AvgIpc) is 3.17. The van der Waals surface area contributed by atoms with E-state index in [1.807, 2.05) is 13.8 Å². The third kappa shape index (κ3) is 3.09. The quantitative estimate of drug-likeness (QED) is 0.868. The van der Waals surface area contributed by atoms with Gasteiger partial charge in [0.25, 0.3) is 5.91 Å². The van der Waals surface area contributed by atoms with E-state index in [0.29, 0.717) is 24.5 Å². The minimum atomic E-state index is -0.876. The van der Waals surface area contributed by atoms with Crippen LogP contribution in [0.4, 0.5) is 0 Å². The number of nitrogens with one attached hydrogen (secondary N) is 1. The summed E-state index contributed by atoms with van der Waals surface area (Å²) in [7, 11) is 0. The molecule has 2 aromatic heterocycles. The number of rotatable bonds is 4. The van der Waals surface area contributed by atoms with Crippen LogP contribution in [0.5, 0.6) is 0 Å². The predicted octanol–water partition coefficient (Wildman–Crippen LogP) is 1.21. The number of thiazole rings is 1. The van der Waals surface area contributed by atoms with Crippen molar-refractivity contribution in [1.29, 1.82) is 0 Å². The first-order valence-electron chi connectivity index (χ1n) is 7.26. The molecule has 0 saturated carbocycles. The highest BCUT2D eigenvalue weighted by atomic mass is 32.1. The number of hydrogen-bond acceptors (Lipinski definition) is 6. The lowest BCUT2D eigenvalue weighted by Crippen LogP contribution is -2.30. The van der Waals surface area contributed by atoms with Crippen LogP contribution in [0, 0.1) is 19.8 Å². The fourth-order valence-electron chi connectivity index (χ4n) is 3.07. The van der Waals surface area contributed by atoms with E-state index in [9.17, 15) is 9.59 Å². The van der Waals surface area contributed by atoms with Crippen molar-refractivity contribution in [1.82, 2.24) is 25.3 Å². The smallest absolute Gasteiger partial charge is 0.303 e. The van der Waals surface area contributed by atoms with Crippen molar-refractivity contribution in [3.05, 3.63) is 27.5 Å². The Kier molecular flexibility index (Phi) is 4.12. The van der Waals surface area contributed by atoms with Crippen molar-refractivity contribution >= 4 is 23.2 Å². The van der Waals surface area contributed by atoms with Gasteiger partial charge in [-0.15, -0.1) is 11.3 Å². The second kappa shape index (κ2) is 6.07. The molecule has 122 valence electrons. The van der Waals surface area contributed by atoms with Gasteiger partial charge in [0.15, 0.2) is 0 Å². The Morgan fingerprint density at radius 1 is 1.43 bits per heavy atom. The molecule has 1 aliphatic heterocycles. The highest BCUT2D eigenvalue weighted by Crippen LogP contribution is 2.34. The largest absolute Gasteiger partial charge is 0.481 e. The Hall–Kier alpha value is -2.29. The number of aromatic amines is 1. The minimum absolute atomic E-state index is 0.00359. The molecule has 9 heteroatoms. The summed E-state index contributed by atoms with van der Waals surface area (Å²) in [6, 6.07) is 0. The summed E-state index contributed by atoms with van der Waals surface area (Å²) >= 11 is 1.49. The standard InChI is InChI=1S/C14H17N5O3S/c1-7-13(16-8(2)23-7)14(22)19-5-9(3-12(20)21)10(6-19)11-4-15-18-17-11/h4,9-10H,3,5-6H2,1-2H3,(H,20,21)(H,15,17,18)/t9-,10+/m0/s1. The maximum atomic E-state index is 12.7. The molecule has 0 unspecified atom stereocenters. The lowest BCUT2D eigenvalue weighted by molar-refractivity contribution is -0.138. The number of likely N-dealkylation sites (tertiary alicyclic amines) is 1. The van der Waals surface area contributed by atoms with Gasteiger partial charge < -0.3 is 10.0 Å². The summed E-state index contributed by atoms with van der Waals surface area (Å²) < 4.78 is 0. The maximum absolute atomic E-state index is 12.7. The van der Waals surface area contributed by atoms with Gasteiger partial charge in [0, 0.05) is 23.9 Å². The van der Waals surface area contributed by atoms with Gasteiger partial charge in [-0.25, -0.2) is 4.98 Å². The van der Waals surface area contributed by atoms with Gasteiger partial charge in [-0.2, -0.15) is 15.4 Å². The Morgan fingerprint density at radius 2 is 2.22 bits per heavy atom. The van der Waals surface area contributed by atoms with Crippen molar-refractivity contribution in [3.8, 4) is 0 Å². The number of carbonyl (C=O) groups excluding carboxylic acids is 1. The molecule has 3 rings (SSSR count). The Balaban J connectivity index is 1.83. The fourth-order valence-corrected chi connectivity index (χ4v) is 3.88. The van der Waals surface area contributed by atoms with Crippen LogP contribution in [0.3, 0.4) is 0 Å². The maximum Gasteiger partial charge on any atom is 0.303 e. The summed E-state index contributed by atoms with van der Waals surface area (Å²) in [6.45, 7) is 4.56. The fraction of sp³-hybridized carbons (Fsp3) is 0.500. The molecule has 2 N–H and O–H groups in total. The van der Waals surface area contributed by atoms with Gasteiger partial charge in [0.05, 0.1) is 23.3 Å². The van der Waals surface area contributed by atoms with Gasteiger partial charge in [-0.1, -0.05) is 0 Å². The van der Waals surface area contributed by atoms with E-state index >= 15 is 0 Å². The molecule has 0 aliphatic carbocycles. The topological polar surface area (TPSA) is 112 Å². The van der Waals surface area contributed by atoms with Gasteiger partial charge >= 0.3 is 5.97 Å². The van der Waals surface area contributed by atoms with Gasteiger partial charge in [-0.3, -0.25) is 9.59 Å². The molecule has 1 amide bonds. The van der Waals surface area contributed by atoms with Crippen LogP contribution >= 0.6 is 11.3 Å². The van der Waals surface area contributed by atoms with E-state index < -0.39 is 5.97 Å². The third-order valence-corrected chi connectivity index (χ3v) is 4.97. The molecule has 23 heavy (non-hydrogen) atoms. The summed E-state index contributed by atoms with van der Waals surface area (Å²) in [5.41, 5.74) is 1.15. The number of hydrogen-bond donors (Lipinski definition) is 2. The van der Waals surface area contributed by atoms with E-state index in [2.05, 4.69) is 20.4 Å². The predicted molar refractivity (Wildman–Crippen MR) is 82.4 cm³/mol. The normalized spacial score (nSPS) is 20.9. The van der Waals surface area contributed by atoms with Crippen molar-refractivity contribution in [2.45, 2.75) is 26.2 Å². The molecular weight excluding hydrogens is 318 g/mol. The van der Waals surface area contributed by atoms with Gasteiger partial charge in [0.1, 0.15) is 5.69 Å². The van der Waals surface area contributed by atoms with E-state index in [4.69, 9.17) is 5.11 Å². The summed E-state index contributed by atoms with van der Waals surface area (Å²) in [5, 5.41) is 20.4. The number of carboxylic acid groups (broad SMARTS) is 1. The van der Waals surface area contributed by atoms with Crippen LogP contribution in [0.15, 0.2) is 6.20 Å². The first-order chi connectivity index (χ1) is 11.0. The number of carbonyl (C=O) groups is 2. The third-order valence-electron chi connectivity index (χ3n) is 4.08. The molecule has 0 bridgehead atoms. The Morgan fingerprint density at radius 3 is 2.78 bits per heavy atom. The molecule has 1 fully saturated rings. The lowest BCUT2D eigenvalue weighted by Gasteiger charge is -2.15. The Bertz CT molecular complexity index is 727. The van der Waals surface area contributed by atoms with Crippen LogP contribution in [0.2, 0.25) is 0 Å². The number of aromatic nitrogens is 4. The number of aryl methyl sites for hydroxylation is 2. The van der Waals surface area contributed by atoms with Crippen molar-refractivity contribution in [2.24, 2.45) is 5.92 Å². The molecule has 0 spiro atoms. The summed E-state index contributed by atoms with van der Waals surface area (Å²) in [6.07, 6.45) is 1.59. The zero-order valence-corrected chi connectivity index (χ0v) is 13.6. The molecule has 3 heterocycles. The van der Waals surface area contributed by atoms with Crippen LogP contribution < -0.4 is 0 Å². The molecule has 2 atom stereocenters. The number of nitrogens with zero attached hydrogens (tertiary/aromatic N) is 4. The van der Waals surface area contributed by atoms with Crippen LogP contribution in [-0.2, 0) is 4.79 Å². The van der Waals surface area contributed by atoms with Crippen molar-refractivity contribution < 1.29 is 14.7 Å². The second-order valence-corrected chi connectivity index (χ2v) is 7.11. The van der Waals surface area contributed by atoms with Crippen LogP contribution in [0.25, 0.3) is 0 Å². The molecule has 1 saturated heterocycles. The van der Waals surface area contributed by atoms with Gasteiger partial charge in [0.2, 0.25) is 0 Å².